The number of aryl methyl sites for hydroxylation is 1. The molecule has 0 bridgehead atoms. The summed E-state index contributed by atoms with van der Waals surface area (Å²) < 4.78 is 5.84. The van der Waals surface area contributed by atoms with Gasteiger partial charge in [-0.3, -0.25) is 0 Å². The van der Waals surface area contributed by atoms with Crippen molar-refractivity contribution in [2.24, 2.45) is 0 Å². The topological polar surface area (TPSA) is 38.2 Å². The number of anilines is 1. The van der Waals surface area contributed by atoms with Gasteiger partial charge in [-0.1, -0.05) is 13.3 Å². The van der Waals surface area contributed by atoms with E-state index < -0.39 is 0 Å². The van der Waals surface area contributed by atoms with Crippen LogP contribution in [0.15, 0.2) is 0 Å². The lowest BCUT2D eigenvalue weighted by atomic mass is 10.2. The highest BCUT2D eigenvalue weighted by molar-refractivity contribution is 7.98. The molecule has 1 aliphatic rings. The highest BCUT2D eigenvalue weighted by Crippen LogP contribution is 2.31. The fourth-order valence-electron chi connectivity index (χ4n) is 1.82. The van der Waals surface area contributed by atoms with Crippen LogP contribution in [0.4, 0.5) is 5.95 Å². The van der Waals surface area contributed by atoms with E-state index in [9.17, 15) is 0 Å². The first-order valence-electron chi connectivity index (χ1n) is 6.50. The van der Waals surface area contributed by atoms with Gasteiger partial charge < -0.3 is 9.64 Å². The summed E-state index contributed by atoms with van der Waals surface area (Å²) in [7, 11) is 3.93. The molecule has 1 aliphatic heterocycles. The van der Waals surface area contributed by atoms with Gasteiger partial charge in [0.1, 0.15) is 0 Å². The van der Waals surface area contributed by atoms with E-state index in [0.717, 1.165) is 49.2 Å². The van der Waals surface area contributed by atoms with E-state index in [2.05, 4.69) is 16.9 Å². The first-order valence-corrected chi connectivity index (χ1v) is 7.65. The predicted molar refractivity (Wildman–Crippen MR) is 76.6 cm³/mol. The number of aromatic nitrogens is 2. The van der Waals surface area contributed by atoms with Crippen molar-refractivity contribution < 1.29 is 4.74 Å². The molecule has 0 radical (unpaired) electrons. The number of fused-ring (bicyclic) bond motifs is 1. The van der Waals surface area contributed by atoms with Crippen molar-refractivity contribution in [2.45, 2.75) is 31.9 Å². The Morgan fingerprint density at radius 2 is 2.17 bits per heavy atom. The molecule has 0 amide bonds. The van der Waals surface area contributed by atoms with Crippen molar-refractivity contribution in [3.8, 4) is 5.88 Å². The third kappa shape index (κ3) is 3.07. The van der Waals surface area contributed by atoms with Crippen LogP contribution in [-0.2, 0) is 12.2 Å². The zero-order valence-electron chi connectivity index (χ0n) is 11.4. The van der Waals surface area contributed by atoms with E-state index in [0.29, 0.717) is 0 Å². The maximum Gasteiger partial charge on any atom is 0.228 e. The molecule has 5 heteroatoms. The van der Waals surface area contributed by atoms with Crippen molar-refractivity contribution in [2.75, 3.05) is 31.4 Å². The van der Waals surface area contributed by atoms with E-state index in [1.54, 1.807) is 0 Å². The zero-order valence-corrected chi connectivity index (χ0v) is 12.2. The Morgan fingerprint density at radius 1 is 1.33 bits per heavy atom. The van der Waals surface area contributed by atoms with Crippen LogP contribution in [0.25, 0.3) is 0 Å². The van der Waals surface area contributed by atoms with E-state index in [-0.39, 0.29) is 0 Å². The highest BCUT2D eigenvalue weighted by Gasteiger charge is 2.19. The van der Waals surface area contributed by atoms with Crippen molar-refractivity contribution in [1.82, 2.24) is 9.97 Å². The van der Waals surface area contributed by atoms with E-state index in [1.165, 1.54) is 11.3 Å². The maximum absolute atomic E-state index is 5.84. The van der Waals surface area contributed by atoms with Crippen LogP contribution in [0, 0.1) is 0 Å². The third-order valence-corrected chi connectivity index (χ3v) is 3.89. The second-order valence-electron chi connectivity index (χ2n) is 4.65. The molecule has 18 heavy (non-hydrogen) atoms. The molecular weight excluding hydrogens is 246 g/mol. The third-order valence-electron chi connectivity index (χ3n) is 2.91. The van der Waals surface area contributed by atoms with Crippen LogP contribution in [0.5, 0.6) is 5.88 Å². The van der Waals surface area contributed by atoms with Gasteiger partial charge in [0, 0.05) is 25.4 Å². The van der Waals surface area contributed by atoms with Gasteiger partial charge in [0.25, 0.3) is 0 Å². The molecule has 100 valence electrons. The first-order chi connectivity index (χ1) is 8.72. The van der Waals surface area contributed by atoms with Crippen LogP contribution in [0.1, 0.15) is 31.0 Å². The molecule has 0 saturated heterocycles. The Morgan fingerprint density at radius 3 is 2.89 bits per heavy atom. The van der Waals surface area contributed by atoms with Crippen LogP contribution in [-0.4, -0.2) is 36.4 Å². The number of thioether (sulfide) groups is 1. The summed E-state index contributed by atoms with van der Waals surface area (Å²) in [6.07, 6.45) is 3.24. The highest BCUT2D eigenvalue weighted by atomic mass is 32.2. The van der Waals surface area contributed by atoms with Crippen molar-refractivity contribution >= 4 is 17.7 Å². The Kier molecular flexibility index (Phi) is 4.69. The molecule has 0 unspecified atom stereocenters. The molecule has 0 aliphatic carbocycles. The van der Waals surface area contributed by atoms with Gasteiger partial charge in [-0.2, -0.15) is 16.7 Å². The van der Waals surface area contributed by atoms with Gasteiger partial charge in [-0.25, -0.2) is 4.98 Å². The molecule has 0 spiro atoms. The molecule has 0 atom stereocenters. The lowest BCUT2D eigenvalue weighted by Crippen LogP contribution is -2.18. The number of nitrogens with zero attached hydrogens (tertiary/aromatic N) is 3. The Hall–Kier alpha value is -0.970. The Bertz CT molecular complexity index is 409. The van der Waals surface area contributed by atoms with E-state index in [4.69, 9.17) is 4.74 Å². The molecule has 0 saturated carbocycles. The molecular formula is C13H21N3OS. The largest absolute Gasteiger partial charge is 0.477 e. The van der Waals surface area contributed by atoms with Gasteiger partial charge in [0.05, 0.1) is 12.3 Å². The quantitative estimate of drug-likeness (QED) is 0.766. The van der Waals surface area contributed by atoms with E-state index in [1.807, 2.05) is 30.8 Å². The van der Waals surface area contributed by atoms with E-state index >= 15 is 0 Å². The molecule has 0 fully saturated rings. The molecule has 2 heterocycles. The number of hydrogen-bond donors (Lipinski definition) is 0. The smallest absolute Gasteiger partial charge is 0.228 e. The first kappa shape index (κ1) is 13.5. The zero-order chi connectivity index (χ0) is 13.0. The fraction of sp³-hybridized carbons (Fsp3) is 0.692. The number of ether oxygens (including phenoxy) is 1. The molecule has 0 N–H and O–H groups in total. The number of unbranched alkanes of at least 4 members (excludes halogenated alkanes) is 1. The van der Waals surface area contributed by atoms with Crippen LogP contribution in [0.2, 0.25) is 0 Å². The lowest BCUT2D eigenvalue weighted by molar-refractivity contribution is 0.294. The summed E-state index contributed by atoms with van der Waals surface area (Å²) in [5, 5.41) is 0. The summed E-state index contributed by atoms with van der Waals surface area (Å²) in [6.45, 7) is 2.91. The average molecular weight is 267 g/mol. The SMILES string of the molecule is CCCCOc1nc(N(C)C)nc2c1CSCC2. The van der Waals surface area contributed by atoms with Crippen molar-refractivity contribution in [1.29, 1.82) is 0 Å². The summed E-state index contributed by atoms with van der Waals surface area (Å²) >= 11 is 1.93. The summed E-state index contributed by atoms with van der Waals surface area (Å²) in [6, 6.07) is 0. The molecule has 1 aromatic rings. The average Bonchev–Trinajstić information content (AvgIpc) is 2.38. The molecule has 1 aromatic heterocycles. The summed E-state index contributed by atoms with van der Waals surface area (Å²) in [4.78, 5) is 11.1. The standard InChI is InChI=1S/C13H21N3OS/c1-4-5-7-17-12-10-9-18-8-6-11(10)14-13(15-12)16(2)3/h4-9H2,1-3H3. The number of hydrogen-bond acceptors (Lipinski definition) is 5. The maximum atomic E-state index is 5.84. The van der Waals surface area contributed by atoms with Crippen molar-refractivity contribution in [3.05, 3.63) is 11.3 Å². The minimum Gasteiger partial charge on any atom is -0.477 e. The molecule has 2 rings (SSSR count). The van der Waals surface area contributed by atoms with Gasteiger partial charge in [-0.05, 0) is 18.6 Å². The van der Waals surface area contributed by atoms with Crippen LogP contribution in [0.3, 0.4) is 0 Å². The second-order valence-corrected chi connectivity index (χ2v) is 5.76. The van der Waals surface area contributed by atoms with Gasteiger partial charge in [0.2, 0.25) is 11.8 Å². The Balaban J connectivity index is 2.26. The minimum absolute atomic E-state index is 0.748. The normalized spacial score (nSPS) is 14.2. The summed E-state index contributed by atoms with van der Waals surface area (Å²) in [5.41, 5.74) is 2.37. The van der Waals surface area contributed by atoms with Gasteiger partial charge in [-0.15, -0.1) is 0 Å². The number of rotatable bonds is 5. The van der Waals surface area contributed by atoms with Crippen LogP contribution >= 0.6 is 11.8 Å². The summed E-state index contributed by atoms with van der Waals surface area (Å²) in [5.74, 6) is 3.67. The Labute approximate surface area is 113 Å². The minimum atomic E-state index is 0.748. The lowest BCUT2D eigenvalue weighted by Gasteiger charge is -2.20. The van der Waals surface area contributed by atoms with Gasteiger partial charge >= 0.3 is 0 Å². The van der Waals surface area contributed by atoms with Gasteiger partial charge in [0.15, 0.2) is 0 Å². The monoisotopic (exact) mass is 267 g/mol. The predicted octanol–water partition coefficient (Wildman–Crippen LogP) is 2.51. The molecule has 0 aromatic carbocycles. The van der Waals surface area contributed by atoms with Crippen molar-refractivity contribution in [3.63, 3.8) is 0 Å². The fourth-order valence-corrected chi connectivity index (χ4v) is 2.80. The molecule has 4 nitrogen and oxygen atoms in total. The van der Waals surface area contributed by atoms with Crippen LogP contribution < -0.4 is 9.64 Å². The second kappa shape index (κ2) is 6.27.